The van der Waals surface area contributed by atoms with Crippen molar-refractivity contribution in [3.05, 3.63) is 71.4 Å². The molecule has 0 aliphatic heterocycles. The third-order valence-corrected chi connectivity index (χ3v) is 3.34. The minimum Gasteiger partial charge on any atom is -0.343 e. The van der Waals surface area contributed by atoms with E-state index < -0.39 is 0 Å². The number of aromatic nitrogens is 1. The van der Waals surface area contributed by atoms with E-state index in [1.54, 1.807) is 0 Å². The second-order valence-electron chi connectivity index (χ2n) is 4.82. The first-order chi connectivity index (χ1) is 9.26. The molecule has 3 aromatic rings. The largest absolute Gasteiger partial charge is 0.343 e. The average Bonchev–Trinajstić information content (AvgIpc) is 2.81. The first-order valence-electron chi connectivity index (χ1n) is 6.31. The summed E-state index contributed by atoms with van der Waals surface area (Å²) >= 11 is 0. The summed E-state index contributed by atoms with van der Waals surface area (Å²) in [7, 11) is 0. The second-order valence-corrected chi connectivity index (χ2v) is 4.82. The Morgan fingerprint density at radius 1 is 1.11 bits per heavy atom. The van der Waals surface area contributed by atoms with Crippen LogP contribution in [0.5, 0.6) is 0 Å². The minimum atomic E-state index is 0.713. The van der Waals surface area contributed by atoms with Gasteiger partial charge in [-0.3, -0.25) is 0 Å². The van der Waals surface area contributed by atoms with E-state index in [0.29, 0.717) is 5.56 Å². The maximum atomic E-state index is 8.93. The number of fused-ring (bicyclic) bond motifs is 1. The molecular weight excluding hydrogens is 232 g/mol. The summed E-state index contributed by atoms with van der Waals surface area (Å²) in [6.07, 6.45) is 2.10. The molecule has 0 aliphatic carbocycles. The summed E-state index contributed by atoms with van der Waals surface area (Å²) in [6, 6.07) is 18.6. The summed E-state index contributed by atoms with van der Waals surface area (Å²) in [4.78, 5) is 0. The summed E-state index contributed by atoms with van der Waals surface area (Å²) < 4.78 is 2.21. The Bertz CT molecular complexity index is 775. The van der Waals surface area contributed by atoms with Crippen molar-refractivity contribution in [2.24, 2.45) is 0 Å². The summed E-state index contributed by atoms with van der Waals surface area (Å²) in [5.74, 6) is 0. The fraction of sp³-hybridized carbons (Fsp3) is 0.118. The van der Waals surface area contributed by atoms with Gasteiger partial charge in [0.25, 0.3) is 0 Å². The van der Waals surface area contributed by atoms with Gasteiger partial charge in [0, 0.05) is 18.3 Å². The molecule has 2 nitrogen and oxygen atoms in total. The van der Waals surface area contributed by atoms with Crippen LogP contribution in [0.3, 0.4) is 0 Å². The Hall–Kier alpha value is -2.53. The third kappa shape index (κ3) is 2.23. The lowest BCUT2D eigenvalue weighted by molar-refractivity contribution is 0.836. The van der Waals surface area contributed by atoms with Crippen LogP contribution in [0.4, 0.5) is 0 Å². The highest BCUT2D eigenvalue weighted by atomic mass is 14.9. The van der Waals surface area contributed by atoms with Crippen LogP contribution in [0.25, 0.3) is 10.9 Å². The predicted octanol–water partition coefficient (Wildman–Crippen LogP) is 3.87. The molecule has 1 heterocycles. The van der Waals surface area contributed by atoms with Crippen LogP contribution in [0.2, 0.25) is 0 Å². The highest BCUT2D eigenvalue weighted by Crippen LogP contribution is 2.19. The molecule has 0 N–H and O–H groups in total. The molecule has 0 saturated carbocycles. The van der Waals surface area contributed by atoms with Gasteiger partial charge in [-0.1, -0.05) is 23.8 Å². The van der Waals surface area contributed by atoms with E-state index in [2.05, 4.69) is 54.1 Å². The molecule has 0 fully saturated rings. The fourth-order valence-electron chi connectivity index (χ4n) is 2.39. The van der Waals surface area contributed by atoms with Crippen molar-refractivity contribution in [2.75, 3.05) is 0 Å². The van der Waals surface area contributed by atoms with Crippen LogP contribution in [0, 0.1) is 18.3 Å². The molecule has 1 aromatic heterocycles. The molecule has 0 unspecified atom stereocenters. The number of rotatable bonds is 2. The van der Waals surface area contributed by atoms with Crippen molar-refractivity contribution in [1.82, 2.24) is 4.57 Å². The maximum absolute atomic E-state index is 8.93. The lowest BCUT2D eigenvalue weighted by atomic mass is 10.1. The number of nitriles is 1. The van der Waals surface area contributed by atoms with Crippen LogP contribution >= 0.6 is 0 Å². The molecule has 0 spiro atoms. The molecule has 2 aromatic carbocycles. The molecule has 19 heavy (non-hydrogen) atoms. The Labute approximate surface area is 112 Å². The molecule has 2 heteroatoms. The Kier molecular flexibility index (Phi) is 2.81. The lowest BCUT2D eigenvalue weighted by Gasteiger charge is -2.06. The summed E-state index contributed by atoms with van der Waals surface area (Å²) in [5.41, 5.74) is 4.37. The van der Waals surface area contributed by atoms with Gasteiger partial charge in [-0.15, -0.1) is 0 Å². The van der Waals surface area contributed by atoms with Crippen molar-refractivity contribution in [3.8, 4) is 6.07 Å². The van der Waals surface area contributed by atoms with E-state index in [0.717, 1.165) is 12.1 Å². The Morgan fingerprint density at radius 2 is 2.00 bits per heavy atom. The van der Waals surface area contributed by atoms with Crippen molar-refractivity contribution in [3.63, 3.8) is 0 Å². The van der Waals surface area contributed by atoms with Crippen molar-refractivity contribution in [1.29, 1.82) is 5.26 Å². The van der Waals surface area contributed by atoms with Crippen LogP contribution in [0.1, 0.15) is 16.7 Å². The molecule has 0 saturated heterocycles. The first kappa shape index (κ1) is 11.6. The van der Waals surface area contributed by atoms with E-state index in [-0.39, 0.29) is 0 Å². The summed E-state index contributed by atoms with van der Waals surface area (Å²) in [6.45, 7) is 2.90. The molecule has 0 atom stereocenters. The molecule has 0 radical (unpaired) electrons. The van der Waals surface area contributed by atoms with Gasteiger partial charge >= 0.3 is 0 Å². The zero-order valence-electron chi connectivity index (χ0n) is 10.8. The van der Waals surface area contributed by atoms with E-state index in [1.165, 1.54) is 16.5 Å². The third-order valence-electron chi connectivity index (χ3n) is 3.34. The van der Waals surface area contributed by atoms with Gasteiger partial charge in [0.15, 0.2) is 0 Å². The topological polar surface area (TPSA) is 28.7 Å². The number of hydrogen-bond acceptors (Lipinski definition) is 1. The number of hydrogen-bond donors (Lipinski definition) is 0. The summed E-state index contributed by atoms with van der Waals surface area (Å²) in [5, 5.41) is 10.2. The monoisotopic (exact) mass is 246 g/mol. The smallest absolute Gasteiger partial charge is 0.0991 e. The standard InChI is InChI=1S/C17H14N2/c1-13-5-6-17-16(9-13)7-8-19(17)12-15-4-2-3-14(10-15)11-18/h2-10H,12H2,1H3. The van der Waals surface area contributed by atoms with Gasteiger partial charge in [0.1, 0.15) is 0 Å². The molecule has 0 bridgehead atoms. The van der Waals surface area contributed by atoms with Crippen molar-refractivity contribution >= 4 is 10.9 Å². The maximum Gasteiger partial charge on any atom is 0.0991 e. The molecule has 0 amide bonds. The van der Waals surface area contributed by atoms with Crippen LogP contribution in [0.15, 0.2) is 54.7 Å². The normalized spacial score (nSPS) is 10.5. The van der Waals surface area contributed by atoms with Crippen molar-refractivity contribution < 1.29 is 0 Å². The van der Waals surface area contributed by atoms with Gasteiger partial charge < -0.3 is 4.57 Å². The average molecular weight is 246 g/mol. The van der Waals surface area contributed by atoms with Crippen LogP contribution in [-0.4, -0.2) is 4.57 Å². The van der Waals surface area contributed by atoms with Gasteiger partial charge in [-0.25, -0.2) is 0 Å². The quantitative estimate of drug-likeness (QED) is 0.674. The lowest BCUT2D eigenvalue weighted by Crippen LogP contribution is -1.98. The number of benzene rings is 2. The minimum absolute atomic E-state index is 0.713. The van der Waals surface area contributed by atoms with Crippen molar-refractivity contribution in [2.45, 2.75) is 13.5 Å². The Morgan fingerprint density at radius 3 is 2.84 bits per heavy atom. The highest BCUT2D eigenvalue weighted by Gasteiger charge is 2.02. The van der Waals surface area contributed by atoms with Crippen LogP contribution in [-0.2, 0) is 6.54 Å². The second kappa shape index (κ2) is 4.62. The molecule has 3 rings (SSSR count). The highest BCUT2D eigenvalue weighted by molar-refractivity contribution is 5.80. The number of nitrogens with zero attached hydrogens (tertiary/aromatic N) is 2. The first-order valence-corrected chi connectivity index (χ1v) is 6.31. The van der Waals surface area contributed by atoms with E-state index in [1.807, 2.05) is 18.2 Å². The van der Waals surface area contributed by atoms with Gasteiger partial charge in [0.05, 0.1) is 11.6 Å². The molecule has 0 aliphatic rings. The SMILES string of the molecule is Cc1ccc2c(ccn2Cc2cccc(C#N)c2)c1. The zero-order valence-corrected chi connectivity index (χ0v) is 10.8. The van der Waals surface area contributed by atoms with Gasteiger partial charge in [-0.05, 0) is 48.2 Å². The number of aryl methyl sites for hydroxylation is 1. The van der Waals surface area contributed by atoms with Gasteiger partial charge in [-0.2, -0.15) is 5.26 Å². The van der Waals surface area contributed by atoms with Gasteiger partial charge in [0.2, 0.25) is 0 Å². The predicted molar refractivity (Wildman–Crippen MR) is 76.9 cm³/mol. The molecular formula is C17H14N2. The van der Waals surface area contributed by atoms with Crippen LogP contribution < -0.4 is 0 Å². The fourth-order valence-corrected chi connectivity index (χ4v) is 2.39. The van der Waals surface area contributed by atoms with E-state index in [4.69, 9.17) is 5.26 Å². The zero-order chi connectivity index (χ0) is 13.2. The van der Waals surface area contributed by atoms with E-state index in [9.17, 15) is 0 Å². The van der Waals surface area contributed by atoms with E-state index >= 15 is 0 Å². The molecule has 92 valence electrons. The Balaban J connectivity index is 1.99.